The Morgan fingerprint density at radius 1 is 1.60 bits per heavy atom. The lowest BCUT2D eigenvalue weighted by Crippen LogP contribution is -2.34. The number of hydrogen-bond donors (Lipinski definition) is 0. The van der Waals surface area contributed by atoms with Crippen molar-refractivity contribution >= 4 is 11.9 Å². The van der Waals surface area contributed by atoms with Crippen molar-refractivity contribution in [3.05, 3.63) is 12.2 Å². The maximum Gasteiger partial charge on any atom is 0.310 e. The highest BCUT2D eigenvalue weighted by Crippen LogP contribution is 2.40. The average Bonchev–Trinajstić information content (AvgIpc) is 2.54. The van der Waals surface area contributed by atoms with E-state index in [1.54, 1.807) is 0 Å². The second-order valence-electron chi connectivity index (χ2n) is 4.04. The Balaban J connectivity index is 2.26. The first-order valence-corrected chi connectivity index (χ1v) is 5.10. The van der Waals surface area contributed by atoms with Gasteiger partial charge < -0.3 is 9.47 Å². The number of methoxy groups -OCH3 is 1. The van der Waals surface area contributed by atoms with Crippen LogP contribution in [0.25, 0.3) is 0 Å². The molecule has 0 aromatic carbocycles. The Morgan fingerprint density at radius 3 is 3.00 bits per heavy atom. The lowest BCUT2D eigenvalue weighted by Gasteiger charge is -2.25. The molecule has 0 radical (unpaired) electrons. The first-order valence-electron chi connectivity index (χ1n) is 5.10. The minimum atomic E-state index is -0.373. The Hall–Kier alpha value is -1.32. The molecule has 0 saturated carbocycles. The molecular formula is C11H14O4. The second kappa shape index (κ2) is 3.68. The van der Waals surface area contributed by atoms with Gasteiger partial charge in [0.05, 0.1) is 18.9 Å². The fraction of sp³-hybridized carbons (Fsp3) is 0.636. The van der Waals surface area contributed by atoms with Crippen LogP contribution in [0.2, 0.25) is 0 Å². The van der Waals surface area contributed by atoms with Crippen molar-refractivity contribution in [3.63, 3.8) is 0 Å². The van der Waals surface area contributed by atoms with Crippen molar-refractivity contribution in [1.82, 2.24) is 0 Å². The van der Waals surface area contributed by atoms with Gasteiger partial charge in [-0.1, -0.05) is 12.2 Å². The van der Waals surface area contributed by atoms with Crippen molar-refractivity contribution in [2.24, 2.45) is 17.8 Å². The van der Waals surface area contributed by atoms with Crippen LogP contribution in [0.3, 0.4) is 0 Å². The van der Waals surface area contributed by atoms with E-state index < -0.39 is 0 Å². The molecule has 15 heavy (non-hydrogen) atoms. The predicted octanol–water partition coefficient (Wildman–Crippen LogP) is 0.913. The summed E-state index contributed by atoms with van der Waals surface area (Å²) in [6.45, 7) is 1.85. The quantitative estimate of drug-likeness (QED) is 0.477. The summed E-state index contributed by atoms with van der Waals surface area (Å²) in [5.74, 6) is -1.29. The largest absolute Gasteiger partial charge is 0.469 e. The van der Waals surface area contributed by atoms with E-state index in [4.69, 9.17) is 9.47 Å². The number of cyclic esters (lactones) is 1. The molecule has 0 unspecified atom stereocenters. The highest BCUT2D eigenvalue weighted by molar-refractivity contribution is 5.84. The van der Waals surface area contributed by atoms with Gasteiger partial charge in [-0.3, -0.25) is 9.59 Å². The molecule has 1 aliphatic heterocycles. The third kappa shape index (κ3) is 1.54. The molecule has 4 nitrogen and oxygen atoms in total. The molecule has 82 valence electrons. The molecule has 0 amide bonds. The Morgan fingerprint density at radius 2 is 2.33 bits per heavy atom. The standard InChI is InChI=1S/C11H14O4/c1-6-7-4-3-5-8(10(12)14-2)9(7)11(13)15-6/h3-4,6-9H,5H2,1-2H3/t6-,7-,8-,9+/m0/s1. The third-order valence-electron chi connectivity index (χ3n) is 3.22. The highest BCUT2D eigenvalue weighted by Gasteiger charge is 2.49. The zero-order valence-electron chi connectivity index (χ0n) is 8.80. The number of carbonyl (C=O) groups excluding carboxylic acids is 2. The van der Waals surface area contributed by atoms with E-state index in [1.165, 1.54) is 7.11 Å². The lowest BCUT2D eigenvalue weighted by molar-refractivity contribution is -0.154. The van der Waals surface area contributed by atoms with Gasteiger partial charge in [0, 0.05) is 5.92 Å². The summed E-state index contributed by atoms with van der Waals surface area (Å²) in [5.41, 5.74) is 0. The van der Waals surface area contributed by atoms with Crippen molar-refractivity contribution < 1.29 is 19.1 Å². The molecular weight excluding hydrogens is 196 g/mol. The van der Waals surface area contributed by atoms with Gasteiger partial charge in [-0.05, 0) is 13.3 Å². The molecule has 4 heteroatoms. The van der Waals surface area contributed by atoms with Crippen LogP contribution in [0, 0.1) is 17.8 Å². The van der Waals surface area contributed by atoms with Crippen molar-refractivity contribution in [2.75, 3.05) is 7.11 Å². The van der Waals surface area contributed by atoms with Crippen LogP contribution in [-0.2, 0) is 19.1 Å². The van der Waals surface area contributed by atoms with Crippen molar-refractivity contribution in [2.45, 2.75) is 19.4 Å². The highest BCUT2D eigenvalue weighted by atomic mass is 16.6. The molecule has 4 atom stereocenters. The summed E-state index contributed by atoms with van der Waals surface area (Å²) in [6, 6.07) is 0. The van der Waals surface area contributed by atoms with Gasteiger partial charge in [0.25, 0.3) is 0 Å². The molecule has 2 rings (SSSR count). The number of fused-ring (bicyclic) bond motifs is 1. The van der Waals surface area contributed by atoms with Crippen LogP contribution in [-0.4, -0.2) is 25.2 Å². The van der Waals surface area contributed by atoms with Gasteiger partial charge >= 0.3 is 11.9 Å². The summed E-state index contributed by atoms with van der Waals surface area (Å²) in [4.78, 5) is 23.1. The van der Waals surface area contributed by atoms with E-state index in [0.717, 1.165) is 0 Å². The van der Waals surface area contributed by atoms with E-state index in [9.17, 15) is 9.59 Å². The molecule has 2 aliphatic rings. The van der Waals surface area contributed by atoms with E-state index in [2.05, 4.69) is 0 Å². The lowest BCUT2D eigenvalue weighted by atomic mass is 9.75. The Kier molecular flexibility index (Phi) is 2.50. The Bertz CT molecular complexity index is 321. The maximum absolute atomic E-state index is 11.6. The van der Waals surface area contributed by atoms with Gasteiger partial charge in [0.15, 0.2) is 0 Å². The molecule has 1 aliphatic carbocycles. The molecule has 1 saturated heterocycles. The number of carbonyl (C=O) groups is 2. The third-order valence-corrected chi connectivity index (χ3v) is 3.22. The van der Waals surface area contributed by atoms with Crippen LogP contribution in [0.4, 0.5) is 0 Å². The summed E-state index contributed by atoms with van der Waals surface area (Å²) < 4.78 is 9.84. The zero-order valence-corrected chi connectivity index (χ0v) is 8.80. The number of esters is 2. The average molecular weight is 210 g/mol. The van der Waals surface area contributed by atoms with Gasteiger partial charge in [-0.2, -0.15) is 0 Å². The van der Waals surface area contributed by atoms with E-state index in [0.29, 0.717) is 6.42 Å². The second-order valence-corrected chi connectivity index (χ2v) is 4.04. The first kappa shape index (κ1) is 10.2. The van der Waals surface area contributed by atoms with Gasteiger partial charge in [-0.15, -0.1) is 0 Å². The number of rotatable bonds is 1. The van der Waals surface area contributed by atoms with Gasteiger partial charge in [0.2, 0.25) is 0 Å². The SMILES string of the molecule is COC(=O)[C@H]1CC=C[C@@H]2[C@H]1C(=O)O[C@H]2C. The topological polar surface area (TPSA) is 52.6 Å². The van der Waals surface area contributed by atoms with Crippen LogP contribution < -0.4 is 0 Å². The summed E-state index contributed by atoms with van der Waals surface area (Å²) in [7, 11) is 1.35. The first-order chi connectivity index (χ1) is 7.15. The number of ether oxygens (including phenoxy) is 2. The molecule has 0 spiro atoms. The number of allylic oxidation sites excluding steroid dienone is 1. The van der Waals surface area contributed by atoms with Crippen LogP contribution in [0.15, 0.2) is 12.2 Å². The van der Waals surface area contributed by atoms with E-state index in [1.807, 2.05) is 19.1 Å². The minimum Gasteiger partial charge on any atom is -0.469 e. The van der Waals surface area contributed by atoms with Crippen LogP contribution in [0.1, 0.15) is 13.3 Å². The fourth-order valence-electron chi connectivity index (χ4n) is 2.42. The minimum absolute atomic E-state index is 0.0235. The monoisotopic (exact) mass is 210 g/mol. The molecule has 0 aromatic rings. The van der Waals surface area contributed by atoms with Crippen LogP contribution >= 0.6 is 0 Å². The van der Waals surface area contributed by atoms with Crippen molar-refractivity contribution in [1.29, 1.82) is 0 Å². The smallest absolute Gasteiger partial charge is 0.310 e. The van der Waals surface area contributed by atoms with Gasteiger partial charge in [0.1, 0.15) is 6.10 Å². The number of hydrogen-bond acceptors (Lipinski definition) is 4. The molecule has 0 N–H and O–H groups in total. The summed E-state index contributed by atoms with van der Waals surface area (Å²) in [6.07, 6.45) is 4.34. The molecule has 1 fully saturated rings. The zero-order chi connectivity index (χ0) is 11.0. The molecule has 0 bridgehead atoms. The van der Waals surface area contributed by atoms with Crippen LogP contribution in [0.5, 0.6) is 0 Å². The predicted molar refractivity (Wildman–Crippen MR) is 51.8 cm³/mol. The fourth-order valence-corrected chi connectivity index (χ4v) is 2.42. The summed E-state index contributed by atoms with van der Waals surface area (Å²) >= 11 is 0. The maximum atomic E-state index is 11.6. The Labute approximate surface area is 88.2 Å². The normalized spacial score (nSPS) is 38.4. The molecule has 1 heterocycles. The molecule has 0 aromatic heterocycles. The van der Waals surface area contributed by atoms with Gasteiger partial charge in [-0.25, -0.2) is 0 Å². The summed E-state index contributed by atoms with van der Waals surface area (Å²) in [5, 5.41) is 0. The van der Waals surface area contributed by atoms with E-state index >= 15 is 0 Å². The van der Waals surface area contributed by atoms with Crippen molar-refractivity contribution in [3.8, 4) is 0 Å². The van der Waals surface area contributed by atoms with E-state index in [-0.39, 0.29) is 35.8 Å².